The predicted octanol–water partition coefficient (Wildman–Crippen LogP) is 0.981. The molecule has 0 aliphatic rings. The molecule has 0 N–H and O–H groups in total. The van der Waals surface area contributed by atoms with Gasteiger partial charge in [-0.2, -0.15) is 10.4 Å². The molecule has 0 fully saturated rings. The van der Waals surface area contributed by atoms with Crippen LogP contribution >= 0.6 is 0 Å². The second kappa shape index (κ2) is 8.17. The van der Waals surface area contributed by atoms with Crippen LogP contribution in [0.5, 0.6) is 0 Å². The van der Waals surface area contributed by atoms with Crippen LogP contribution in [-0.4, -0.2) is 50.1 Å². The molecular formula is C14H20N4O3. The van der Waals surface area contributed by atoms with Crippen LogP contribution < -0.4 is 4.90 Å². The molecule has 0 saturated heterocycles. The molecule has 7 heteroatoms. The average molecular weight is 292 g/mol. The molecule has 0 saturated carbocycles. The minimum absolute atomic E-state index is 0.208. The summed E-state index contributed by atoms with van der Waals surface area (Å²) in [4.78, 5) is 13.1. The zero-order valence-corrected chi connectivity index (χ0v) is 12.8. The number of ether oxygens (including phenoxy) is 2. The molecule has 0 aromatic carbocycles. The van der Waals surface area contributed by atoms with E-state index < -0.39 is 0 Å². The Kier molecular flexibility index (Phi) is 6.56. The van der Waals surface area contributed by atoms with Crippen molar-refractivity contribution in [3.8, 4) is 6.07 Å². The molecule has 0 aliphatic heterocycles. The first-order valence-electron chi connectivity index (χ1n) is 6.59. The normalized spacial score (nSPS) is 10.0. The van der Waals surface area contributed by atoms with Crippen LogP contribution in [0.25, 0.3) is 0 Å². The third-order valence-electron chi connectivity index (χ3n) is 3.23. The zero-order valence-electron chi connectivity index (χ0n) is 12.8. The predicted molar refractivity (Wildman–Crippen MR) is 76.9 cm³/mol. The number of methoxy groups -OCH3 is 2. The minimum Gasteiger partial charge on any atom is -0.469 e. The minimum atomic E-state index is -0.312. The van der Waals surface area contributed by atoms with E-state index in [1.165, 1.54) is 7.11 Å². The number of hydrogen-bond donors (Lipinski definition) is 0. The molecule has 1 aromatic heterocycles. The van der Waals surface area contributed by atoms with Crippen molar-refractivity contribution in [2.45, 2.75) is 20.3 Å². The van der Waals surface area contributed by atoms with Crippen molar-refractivity contribution in [2.24, 2.45) is 0 Å². The number of rotatable bonds is 7. The van der Waals surface area contributed by atoms with Crippen molar-refractivity contribution in [3.63, 3.8) is 0 Å². The Morgan fingerprint density at radius 1 is 1.29 bits per heavy atom. The highest BCUT2D eigenvalue weighted by molar-refractivity contribution is 5.70. The van der Waals surface area contributed by atoms with Gasteiger partial charge in [-0.3, -0.25) is 4.79 Å². The van der Waals surface area contributed by atoms with Crippen molar-refractivity contribution < 1.29 is 14.3 Å². The van der Waals surface area contributed by atoms with Gasteiger partial charge >= 0.3 is 5.97 Å². The lowest BCUT2D eigenvalue weighted by Crippen LogP contribution is -2.32. The largest absolute Gasteiger partial charge is 0.469 e. The van der Waals surface area contributed by atoms with Gasteiger partial charge < -0.3 is 14.4 Å². The van der Waals surface area contributed by atoms with E-state index in [0.29, 0.717) is 31.1 Å². The van der Waals surface area contributed by atoms with Gasteiger partial charge in [0.1, 0.15) is 11.6 Å². The molecule has 0 spiro atoms. The molecule has 114 valence electrons. The van der Waals surface area contributed by atoms with Crippen LogP contribution in [0.2, 0.25) is 0 Å². The Labute approximate surface area is 124 Å². The molecule has 7 nitrogen and oxygen atoms in total. The van der Waals surface area contributed by atoms with Gasteiger partial charge in [0, 0.05) is 20.2 Å². The molecule has 0 unspecified atom stereocenters. The third-order valence-corrected chi connectivity index (χ3v) is 3.23. The van der Waals surface area contributed by atoms with Crippen molar-refractivity contribution in [1.29, 1.82) is 5.26 Å². The van der Waals surface area contributed by atoms with Crippen LogP contribution in [0, 0.1) is 25.2 Å². The van der Waals surface area contributed by atoms with Crippen LogP contribution in [0.3, 0.4) is 0 Å². The highest BCUT2D eigenvalue weighted by Crippen LogP contribution is 2.21. The zero-order chi connectivity index (χ0) is 15.8. The van der Waals surface area contributed by atoms with Gasteiger partial charge in [-0.25, -0.2) is 0 Å². The van der Waals surface area contributed by atoms with Gasteiger partial charge in [-0.15, -0.1) is 5.10 Å². The topological polar surface area (TPSA) is 88.3 Å². The monoisotopic (exact) mass is 292 g/mol. The number of carbonyl (C=O) groups excluding carboxylic acids is 1. The molecule has 21 heavy (non-hydrogen) atoms. The van der Waals surface area contributed by atoms with E-state index in [4.69, 9.17) is 4.74 Å². The third kappa shape index (κ3) is 4.39. The van der Waals surface area contributed by atoms with Crippen LogP contribution in [0.1, 0.15) is 23.2 Å². The lowest BCUT2D eigenvalue weighted by atomic mass is 10.1. The highest BCUT2D eigenvalue weighted by Gasteiger charge is 2.18. The second-order valence-electron chi connectivity index (χ2n) is 4.53. The quantitative estimate of drug-likeness (QED) is 0.692. The summed E-state index contributed by atoms with van der Waals surface area (Å²) in [5.41, 5.74) is 1.99. The lowest BCUT2D eigenvalue weighted by Gasteiger charge is -2.24. The molecule has 1 rings (SSSR count). The molecule has 0 atom stereocenters. The molecule has 1 aromatic rings. The van der Waals surface area contributed by atoms with E-state index >= 15 is 0 Å². The van der Waals surface area contributed by atoms with Crippen LogP contribution in [-0.2, 0) is 14.3 Å². The van der Waals surface area contributed by atoms with E-state index in [1.54, 1.807) is 14.0 Å². The fourth-order valence-corrected chi connectivity index (χ4v) is 1.80. The van der Waals surface area contributed by atoms with Crippen LogP contribution in [0.4, 0.5) is 5.82 Å². The number of nitriles is 1. The summed E-state index contributed by atoms with van der Waals surface area (Å²) in [6, 6.07) is 2.16. The Morgan fingerprint density at radius 3 is 2.57 bits per heavy atom. The van der Waals surface area contributed by atoms with Gasteiger partial charge in [-0.1, -0.05) is 0 Å². The van der Waals surface area contributed by atoms with Crippen molar-refractivity contribution in [2.75, 3.05) is 38.8 Å². The molecule has 0 aliphatic carbocycles. The van der Waals surface area contributed by atoms with Gasteiger partial charge in [-0.05, 0) is 19.4 Å². The fraction of sp³-hybridized carbons (Fsp3) is 0.571. The first-order valence-corrected chi connectivity index (χ1v) is 6.59. The second-order valence-corrected chi connectivity index (χ2v) is 4.53. The van der Waals surface area contributed by atoms with Crippen LogP contribution in [0.15, 0.2) is 0 Å². The van der Waals surface area contributed by atoms with E-state index in [2.05, 4.69) is 21.0 Å². The number of hydrogen-bond acceptors (Lipinski definition) is 7. The Bertz CT molecular complexity index is 540. The fourth-order valence-electron chi connectivity index (χ4n) is 1.80. The van der Waals surface area contributed by atoms with E-state index in [1.807, 2.05) is 11.8 Å². The number of aromatic nitrogens is 2. The van der Waals surface area contributed by atoms with Gasteiger partial charge in [0.15, 0.2) is 5.82 Å². The maximum atomic E-state index is 11.3. The summed E-state index contributed by atoms with van der Waals surface area (Å²) in [6.07, 6.45) is 0.208. The van der Waals surface area contributed by atoms with Crippen molar-refractivity contribution >= 4 is 11.8 Å². The summed E-state index contributed by atoms with van der Waals surface area (Å²) in [6.45, 7) is 5.00. The summed E-state index contributed by atoms with van der Waals surface area (Å²) in [7, 11) is 2.94. The van der Waals surface area contributed by atoms with E-state index in [-0.39, 0.29) is 12.4 Å². The summed E-state index contributed by atoms with van der Waals surface area (Å²) in [5, 5.41) is 17.5. The average Bonchev–Trinajstić information content (AvgIpc) is 2.50. The number of carbonyl (C=O) groups is 1. The van der Waals surface area contributed by atoms with Gasteiger partial charge in [0.2, 0.25) is 0 Å². The number of aryl methyl sites for hydroxylation is 1. The Morgan fingerprint density at radius 2 is 2.00 bits per heavy atom. The summed E-state index contributed by atoms with van der Waals surface area (Å²) >= 11 is 0. The first kappa shape index (κ1) is 16.9. The van der Waals surface area contributed by atoms with Gasteiger partial charge in [0.25, 0.3) is 0 Å². The number of anilines is 1. The van der Waals surface area contributed by atoms with Crippen molar-refractivity contribution in [3.05, 3.63) is 16.8 Å². The highest BCUT2D eigenvalue weighted by atomic mass is 16.5. The summed E-state index contributed by atoms with van der Waals surface area (Å²) < 4.78 is 9.71. The molecule has 0 amide bonds. The van der Waals surface area contributed by atoms with Gasteiger partial charge in [0.05, 0.1) is 25.8 Å². The standard InChI is InChI=1S/C14H20N4O3/c1-10-11(2)16-17-14(12(10)9-15)18(7-8-20-3)6-5-13(19)21-4/h5-8H2,1-4H3. The maximum Gasteiger partial charge on any atom is 0.307 e. The SMILES string of the molecule is COCCN(CCC(=O)OC)c1nnc(C)c(C)c1C#N. The van der Waals surface area contributed by atoms with Crippen molar-refractivity contribution in [1.82, 2.24) is 10.2 Å². The first-order chi connectivity index (χ1) is 10.0. The number of esters is 1. The molecule has 1 heterocycles. The van der Waals surface area contributed by atoms with E-state index in [0.717, 1.165) is 11.3 Å². The molecular weight excluding hydrogens is 272 g/mol. The number of nitrogens with zero attached hydrogens (tertiary/aromatic N) is 4. The summed E-state index contributed by atoms with van der Waals surface area (Å²) in [5.74, 6) is 0.161. The molecule has 0 radical (unpaired) electrons. The Balaban J connectivity index is 3.05. The lowest BCUT2D eigenvalue weighted by molar-refractivity contribution is -0.140. The maximum absolute atomic E-state index is 11.3. The molecule has 0 bridgehead atoms. The smallest absolute Gasteiger partial charge is 0.307 e. The van der Waals surface area contributed by atoms with E-state index in [9.17, 15) is 10.1 Å². The Hall–Kier alpha value is -2.20.